The number of ether oxygens (including phenoxy) is 1. The van der Waals surface area contributed by atoms with Gasteiger partial charge in [0.2, 0.25) is 0 Å². The fourth-order valence-corrected chi connectivity index (χ4v) is 1.44. The number of β-amino-alcohol motifs (C(OH)–C–C–N with tert-alkyl or cyclic N) is 1. The zero-order valence-corrected chi connectivity index (χ0v) is 6.58. The van der Waals surface area contributed by atoms with Crippen LogP contribution in [0.2, 0.25) is 0 Å². The maximum Gasteiger partial charge on any atom is 0.0682 e. The van der Waals surface area contributed by atoms with Crippen LogP contribution in [0.1, 0.15) is 6.42 Å². The van der Waals surface area contributed by atoms with Gasteiger partial charge in [0.05, 0.1) is 12.7 Å². The summed E-state index contributed by atoms with van der Waals surface area (Å²) in [5.74, 6) is 0. The first-order chi connectivity index (χ1) is 4.74. The van der Waals surface area contributed by atoms with Crippen LogP contribution in [-0.2, 0) is 4.74 Å². The summed E-state index contributed by atoms with van der Waals surface area (Å²) in [6.45, 7) is 1.52. The summed E-state index contributed by atoms with van der Waals surface area (Å²) in [4.78, 5) is 2.13. The highest BCUT2D eigenvalue weighted by molar-refractivity contribution is 4.82. The Balaban J connectivity index is 2.31. The summed E-state index contributed by atoms with van der Waals surface area (Å²) in [6.07, 6.45) is 0.704. The third-order valence-corrected chi connectivity index (χ3v) is 2.03. The van der Waals surface area contributed by atoms with Crippen LogP contribution >= 0.6 is 0 Å². The molecule has 10 heavy (non-hydrogen) atoms. The molecule has 1 heterocycles. The number of aliphatic hydroxyl groups is 1. The van der Waals surface area contributed by atoms with Crippen LogP contribution in [0.4, 0.5) is 0 Å². The monoisotopic (exact) mass is 145 g/mol. The molecule has 1 aliphatic heterocycles. The van der Waals surface area contributed by atoms with Crippen molar-refractivity contribution >= 4 is 0 Å². The Labute approximate surface area is 61.6 Å². The summed E-state index contributed by atoms with van der Waals surface area (Å²) in [7, 11) is 3.71. The van der Waals surface area contributed by atoms with Gasteiger partial charge in [-0.05, 0) is 13.5 Å². The van der Waals surface area contributed by atoms with Gasteiger partial charge in [-0.15, -0.1) is 0 Å². The van der Waals surface area contributed by atoms with Gasteiger partial charge in [0.15, 0.2) is 0 Å². The molecule has 1 N–H and O–H groups in total. The van der Waals surface area contributed by atoms with Crippen molar-refractivity contribution < 1.29 is 9.84 Å². The van der Waals surface area contributed by atoms with E-state index in [0.29, 0.717) is 6.04 Å². The highest BCUT2D eigenvalue weighted by atomic mass is 16.5. The smallest absolute Gasteiger partial charge is 0.0682 e. The normalized spacial score (nSPS) is 35.1. The Morgan fingerprint density at radius 1 is 1.70 bits per heavy atom. The summed E-state index contributed by atoms with van der Waals surface area (Å²) in [5, 5.41) is 9.20. The maximum absolute atomic E-state index is 9.20. The molecule has 0 aliphatic carbocycles. The number of likely N-dealkylation sites (N-methyl/N-ethyl adjacent to an activating group) is 1. The highest BCUT2D eigenvalue weighted by Crippen LogP contribution is 2.14. The Hall–Kier alpha value is -0.120. The van der Waals surface area contributed by atoms with E-state index in [4.69, 9.17) is 4.74 Å². The molecule has 1 fully saturated rings. The van der Waals surface area contributed by atoms with Gasteiger partial charge in [-0.3, -0.25) is 4.90 Å². The van der Waals surface area contributed by atoms with Crippen molar-refractivity contribution in [2.45, 2.75) is 18.6 Å². The third-order valence-electron chi connectivity index (χ3n) is 2.03. The molecule has 1 aliphatic rings. The SMILES string of the molecule is COC[C@H]1C[C@@H](O)CN1C. The Kier molecular flexibility index (Phi) is 2.65. The highest BCUT2D eigenvalue weighted by Gasteiger charge is 2.27. The van der Waals surface area contributed by atoms with Gasteiger partial charge in [-0.1, -0.05) is 0 Å². The molecule has 0 aromatic carbocycles. The molecular weight excluding hydrogens is 130 g/mol. The molecule has 0 spiro atoms. The summed E-state index contributed by atoms with van der Waals surface area (Å²) < 4.78 is 4.99. The van der Waals surface area contributed by atoms with E-state index in [2.05, 4.69) is 4.90 Å². The van der Waals surface area contributed by atoms with Crippen molar-refractivity contribution in [1.29, 1.82) is 0 Å². The van der Waals surface area contributed by atoms with E-state index in [0.717, 1.165) is 19.6 Å². The summed E-state index contributed by atoms with van der Waals surface area (Å²) in [6, 6.07) is 0.417. The number of rotatable bonds is 2. The molecule has 0 radical (unpaired) electrons. The molecule has 60 valence electrons. The zero-order chi connectivity index (χ0) is 7.56. The van der Waals surface area contributed by atoms with E-state index in [1.165, 1.54) is 0 Å². The maximum atomic E-state index is 9.20. The third kappa shape index (κ3) is 1.68. The van der Waals surface area contributed by atoms with Gasteiger partial charge in [0.25, 0.3) is 0 Å². The van der Waals surface area contributed by atoms with Crippen LogP contribution < -0.4 is 0 Å². The van der Waals surface area contributed by atoms with E-state index < -0.39 is 0 Å². The van der Waals surface area contributed by atoms with Gasteiger partial charge >= 0.3 is 0 Å². The summed E-state index contributed by atoms with van der Waals surface area (Å²) in [5.41, 5.74) is 0. The fourth-order valence-electron chi connectivity index (χ4n) is 1.44. The van der Waals surface area contributed by atoms with Crippen LogP contribution in [0.3, 0.4) is 0 Å². The largest absolute Gasteiger partial charge is 0.392 e. The van der Waals surface area contributed by atoms with Crippen molar-refractivity contribution in [2.75, 3.05) is 27.3 Å². The summed E-state index contributed by atoms with van der Waals surface area (Å²) >= 11 is 0. The predicted octanol–water partition coefficient (Wildman–Crippen LogP) is -0.302. The van der Waals surface area contributed by atoms with Crippen LogP contribution in [0.5, 0.6) is 0 Å². The Morgan fingerprint density at radius 3 is 2.80 bits per heavy atom. The average Bonchev–Trinajstić information content (AvgIpc) is 2.13. The van der Waals surface area contributed by atoms with Gasteiger partial charge < -0.3 is 9.84 Å². The van der Waals surface area contributed by atoms with Crippen molar-refractivity contribution in [3.63, 3.8) is 0 Å². The topological polar surface area (TPSA) is 32.7 Å². The number of likely N-dealkylation sites (tertiary alicyclic amines) is 1. The van der Waals surface area contributed by atoms with Gasteiger partial charge in [0.1, 0.15) is 0 Å². The lowest BCUT2D eigenvalue weighted by Crippen LogP contribution is -2.28. The molecule has 3 heteroatoms. The number of aliphatic hydroxyl groups excluding tert-OH is 1. The average molecular weight is 145 g/mol. The Bertz CT molecular complexity index is 108. The first kappa shape index (κ1) is 7.98. The van der Waals surface area contributed by atoms with E-state index in [9.17, 15) is 5.11 Å². The number of hydrogen-bond acceptors (Lipinski definition) is 3. The predicted molar refractivity (Wildman–Crippen MR) is 38.9 cm³/mol. The van der Waals surface area contributed by atoms with Crippen LogP contribution in [0.15, 0.2) is 0 Å². The molecule has 0 aromatic heterocycles. The molecule has 0 bridgehead atoms. The van der Waals surface area contributed by atoms with E-state index in [-0.39, 0.29) is 6.10 Å². The minimum Gasteiger partial charge on any atom is -0.392 e. The number of hydrogen-bond donors (Lipinski definition) is 1. The van der Waals surface area contributed by atoms with Crippen molar-refractivity contribution in [3.05, 3.63) is 0 Å². The minimum atomic E-state index is -0.148. The van der Waals surface area contributed by atoms with Crippen molar-refractivity contribution in [3.8, 4) is 0 Å². The molecule has 3 nitrogen and oxygen atoms in total. The first-order valence-electron chi connectivity index (χ1n) is 3.61. The molecule has 1 saturated heterocycles. The Morgan fingerprint density at radius 2 is 2.40 bits per heavy atom. The lowest BCUT2D eigenvalue weighted by atomic mass is 10.2. The molecule has 1 rings (SSSR count). The standard InChI is InChI=1S/C7H15NO2/c1-8-4-7(9)3-6(8)5-10-2/h6-7,9H,3-5H2,1-2H3/t6-,7-/m1/s1. The molecule has 0 unspecified atom stereocenters. The van der Waals surface area contributed by atoms with E-state index in [1.54, 1.807) is 7.11 Å². The van der Waals surface area contributed by atoms with Crippen LogP contribution in [0, 0.1) is 0 Å². The molecule has 0 amide bonds. The van der Waals surface area contributed by atoms with Crippen molar-refractivity contribution in [1.82, 2.24) is 4.90 Å². The molecule has 2 atom stereocenters. The van der Waals surface area contributed by atoms with Gasteiger partial charge in [0, 0.05) is 19.7 Å². The molecule has 0 saturated carbocycles. The molecule has 0 aromatic rings. The second-order valence-electron chi connectivity index (χ2n) is 2.94. The molecular formula is C7H15NO2. The minimum absolute atomic E-state index is 0.148. The number of methoxy groups -OCH3 is 1. The second-order valence-corrected chi connectivity index (χ2v) is 2.94. The van der Waals surface area contributed by atoms with E-state index >= 15 is 0 Å². The number of nitrogens with zero attached hydrogens (tertiary/aromatic N) is 1. The van der Waals surface area contributed by atoms with Crippen LogP contribution in [-0.4, -0.2) is 49.5 Å². The van der Waals surface area contributed by atoms with Crippen LogP contribution in [0.25, 0.3) is 0 Å². The van der Waals surface area contributed by atoms with E-state index in [1.807, 2.05) is 7.05 Å². The first-order valence-corrected chi connectivity index (χ1v) is 3.61. The van der Waals surface area contributed by atoms with Crippen molar-refractivity contribution in [2.24, 2.45) is 0 Å². The second kappa shape index (κ2) is 3.32. The lowest BCUT2D eigenvalue weighted by Gasteiger charge is -2.16. The zero-order valence-electron chi connectivity index (χ0n) is 6.58. The quantitative estimate of drug-likeness (QED) is 0.579. The van der Waals surface area contributed by atoms with Gasteiger partial charge in [-0.2, -0.15) is 0 Å². The lowest BCUT2D eigenvalue weighted by molar-refractivity contribution is 0.129. The van der Waals surface area contributed by atoms with Gasteiger partial charge in [-0.25, -0.2) is 0 Å². The fraction of sp³-hybridized carbons (Fsp3) is 1.00.